The summed E-state index contributed by atoms with van der Waals surface area (Å²) >= 11 is 0. The van der Waals surface area contributed by atoms with Gasteiger partial charge in [0.05, 0.1) is 17.5 Å². The van der Waals surface area contributed by atoms with Crippen molar-refractivity contribution in [2.75, 3.05) is 24.4 Å². The van der Waals surface area contributed by atoms with Crippen molar-refractivity contribution in [1.29, 1.82) is 0 Å². The molecule has 2 rings (SSSR count). The Kier molecular flexibility index (Phi) is 2.82. The van der Waals surface area contributed by atoms with Gasteiger partial charge in [-0.25, -0.2) is 20.5 Å². The van der Waals surface area contributed by atoms with Crippen molar-refractivity contribution in [3.8, 4) is 11.8 Å². The lowest BCUT2D eigenvalue weighted by Gasteiger charge is -2.13. The summed E-state index contributed by atoms with van der Waals surface area (Å²) in [6.07, 6.45) is 3.14. The molecule has 2 aromatic heterocycles. The molecule has 2 heterocycles. The van der Waals surface area contributed by atoms with E-state index >= 15 is 0 Å². The Morgan fingerprint density at radius 2 is 2.24 bits per heavy atom. The van der Waals surface area contributed by atoms with E-state index in [2.05, 4.69) is 21.8 Å². The Morgan fingerprint density at radius 3 is 2.88 bits per heavy atom. The molecule has 0 saturated carbocycles. The van der Waals surface area contributed by atoms with Gasteiger partial charge in [0.15, 0.2) is 5.65 Å². The summed E-state index contributed by atoms with van der Waals surface area (Å²) < 4.78 is 1.65. The Hall–Kier alpha value is -2.30. The van der Waals surface area contributed by atoms with Gasteiger partial charge in [0.25, 0.3) is 0 Å². The number of aromatic nitrogens is 3. The van der Waals surface area contributed by atoms with Gasteiger partial charge in [0.2, 0.25) is 0 Å². The molecule has 2 aromatic rings. The van der Waals surface area contributed by atoms with Gasteiger partial charge < -0.3 is 11.5 Å². The van der Waals surface area contributed by atoms with Gasteiger partial charge in [0.1, 0.15) is 12.1 Å². The van der Waals surface area contributed by atoms with E-state index in [9.17, 15) is 0 Å². The maximum Gasteiger partial charge on any atom is 0.166 e. The van der Waals surface area contributed by atoms with Crippen LogP contribution in [0.2, 0.25) is 0 Å². The van der Waals surface area contributed by atoms with Gasteiger partial charge in [-0.3, -0.25) is 5.12 Å². The number of nitrogens with zero attached hydrogens (tertiary/aromatic N) is 4. The quantitative estimate of drug-likeness (QED) is 0.322. The van der Waals surface area contributed by atoms with E-state index in [0.29, 0.717) is 22.4 Å². The number of hydrogen-bond donors (Lipinski definition) is 3. The highest BCUT2D eigenvalue weighted by atomic mass is 15.7. The lowest BCUT2D eigenvalue weighted by Crippen LogP contribution is -2.36. The monoisotopic (exact) mass is 231 g/mol. The lowest BCUT2D eigenvalue weighted by molar-refractivity contribution is 0.698. The molecule has 0 bridgehead atoms. The molecule has 0 unspecified atom stereocenters. The number of hydrazine groups is 1. The van der Waals surface area contributed by atoms with Crippen molar-refractivity contribution in [3.63, 3.8) is 0 Å². The van der Waals surface area contributed by atoms with Crippen LogP contribution in [0.1, 0.15) is 5.56 Å². The van der Waals surface area contributed by atoms with Crippen LogP contribution in [0, 0.1) is 11.8 Å². The number of anilines is 1. The van der Waals surface area contributed by atoms with Crippen molar-refractivity contribution in [1.82, 2.24) is 14.6 Å². The van der Waals surface area contributed by atoms with Crippen LogP contribution in [-0.2, 0) is 0 Å². The third-order valence-corrected chi connectivity index (χ3v) is 2.26. The van der Waals surface area contributed by atoms with Gasteiger partial charge in [-0.15, -0.1) is 0 Å². The predicted molar refractivity (Wildman–Crippen MR) is 66.2 cm³/mol. The highest BCUT2D eigenvalue weighted by Gasteiger charge is 2.13. The fourth-order valence-corrected chi connectivity index (χ4v) is 1.55. The molecule has 88 valence electrons. The second kappa shape index (κ2) is 4.29. The number of fused-ring (bicyclic) bond motifs is 1. The summed E-state index contributed by atoms with van der Waals surface area (Å²) in [5.74, 6) is 11.8. The van der Waals surface area contributed by atoms with Crippen molar-refractivity contribution < 1.29 is 0 Å². The van der Waals surface area contributed by atoms with Crippen LogP contribution in [0.15, 0.2) is 12.5 Å². The fraction of sp³-hybridized carbons (Fsp3) is 0.200. The highest BCUT2D eigenvalue weighted by molar-refractivity contribution is 5.92. The molecule has 0 spiro atoms. The smallest absolute Gasteiger partial charge is 0.166 e. The maximum absolute atomic E-state index is 5.82. The van der Waals surface area contributed by atoms with Gasteiger partial charge in [0, 0.05) is 13.2 Å². The zero-order valence-corrected chi connectivity index (χ0v) is 9.38. The predicted octanol–water partition coefficient (Wildman–Crippen LogP) is -1.23. The number of rotatable bonds is 1. The van der Waals surface area contributed by atoms with E-state index < -0.39 is 0 Å². The minimum absolute atomic E-state index is 0.277. The van der Waals surface area contributed by atoms with Gasteiger partial charge >= 0.3 is 0 Å². The second-order valence-corrected chi connectivity index (χ2v) is 3.42. The first-order chi connectivity index (χ1) is 8.15. The summed E-state index contributed by atoms with van der Waals surface area (Å²) in [6.45, 7) is 0.277. The Morgan fingerprint density at radius 1 is 1.47 bits per heavy atom. The van der Waals surface area contributed by atoms with E-state index in [4.69, 9.17) is 17.3 Å². The van der Waals surface area contributed by atoms with Crippen molar-refractivity contribution in [2.45, 2.75) is 0 Å². The van der Waals surface area contributed by atoms with E-state index in [0.717, 1.165) is 0 Å². The van der Waals surface area contributed by atoms with E-state index in [1.54, 1.807) is 17.9 Å². The molecule has 0 radical (unpaired) electrons. The average molecular weight is 231 g/mol. The van der Waals surface area contributed by atoms with E-state index in [-0.39, 0.29) is 6.54 Å². The van der Waals surface area contributed by atoms with Gasteiger partial charge in [-0.05, 0) is 0 Å². The lowest BCUT2D eigenvalue weighted by atomic mass is 10.2. The van der Waals surface area contributed by atoms with Gasteiger partial charge in [-0.2, -0.15) is 0 Å². The largest absolute Gasteiger partial charge is 0.383 e. The molecule has 17 heavy (non-hydrogen) atoms. The second-order valence-electron chi connectivity index (χ2n) is 3.42. The highest BCUT2D eigenvalue weighted by Crippen LogP contribution is 2.22. The molecule has 0 saturated heterocycles. The molecule has 6 N–H and O–H groups in total. The molecular weight excluding hydrogens is 218 g/mol. The first kappa shape index (κ1) is 11.2. The molecule has 0 aliphatic carbocycles. The minimum atomic E-state index is 0.277. The van der Waals surface area contributed by atoms with E-state index in [1.165, 1.54) is 11.4 Å². The summed E-state index contributed by atoms with van der Waals surface area (Å²) in [7, 11) is 1.69. The van der Waals surface area contributed by atoms with Crippen molar-refractivity contribution in [2.24, 2.45) is 11.6 Å². The Bertz CT molecular complexity index is 602. The molecule has 0 fully saturated rings. The van der Waals surface area contributed by atoms with Crippen LogP contribution in [-0.4, -0.2) is 28.2 Å². The fourth-order valence-electron chi connectivity index (χ4n) is 1.55. The van der Waals surface area contributed by atoms with Gasteiger partial charge in [-0.1, -0.05) is 11.8 Å². The Labute approximate surface area is 98.2 Å². The summed E-state index contributed by atoms with van der Waals surface area (Å²) in [5, 5.41) is 2.08. The first-order valence-corrected chi connectivity index (χ1v) is 4.94. The van der Waals surface area contributed by atoms with Crippen LogP contribution < -0.4 is 22.4 Å². The summed E-state index contributed by atoms with van der Waals surface area (Å²) in [5.41, 5.74) is 12.5. The van der Waals surface area contributed by atoms with Crippen LogP contribution in [0.3, 0.4) is 0 Å². The molecule has 0 aromatic carbocycles. The third-order valence-electron chi connectivity index (χ3n) is 2.26. The van der Waals surface area contributed by atoms with Crippen molar-refractivity contribution in [3.05, 3.63) is 18.1 Å². The van der Waals surface area contributed by atoms with Crippen LogP contribution >= 0.6 is 0 Å². The number of nitrogen functional groups attached to an aromatic ring is 1. The summed E-state index contributed by atoms with van der Waals surface area (Å²) in [6, 6.07) is 0. The zero-order chi connectivity index (χ0) is 12.4. The Balaban J connectivity index is 2.76. The molecule has 7 heteroatoms. The van der Waals surface area contributed by atoms with Crippen LogP contribution in [0.4, 0.5) is 5.82 Å². The molecule has 0 amide bonds. The molecule has 7 nitrogen and oxygen atoms in total. The topological polar surface area (TPSA) is 112 Å². The molecule has 0 aliphatic heterocycles. The third kappa shape index (κ3) is 1.87. The first-order valence-electron chi connectivity index (χ1n) is 4.94. The number of nitrogens with two attached hydrogens (primary N) is 3. The molecule has 0 atom stereocenters. The zero-order valence-electron chi connectivity index (χ0n) is 9.38. The van der Waals surface area contributed by atoms with Crippen molar-refractivity contribution >= 4 is 16.9 Å². The minimum Gasteiger partial charge on any atom is -0.383 e. The van der Waals surface area contributed by atoms with E-state index in [1.807, 2.05) is 0 Å². The summed E-state index contributed by atoms with van der Waals surface area (Å²) in [4.78, 5) is 8.09. The van der Waals surface area contributed by atoms with Crippen LogP contribution in [0.5, 0.6) is 0 Å². The standard InChI is InChI=1S/C10H13N7/c1-16(13)17-5-7(3-2-4-11)8-9(12)14-6-15-10(8)17/h5-6H,4,11,13H2,1H3,(H2,12,14,15). The molecular formula is C10H13N7. The average Bonchev–Trinajstić information content (AvgIpc) is 2.67. The normalized spacial score (nSPS) is 10.1. The SMILES string of the molecule is CN(N)n1cc(C#CCN)c2c(N)ncnc21. The maximum atomic E-state index is 5.82. The number of hydrogen-bond acceptors (Lipinski definition) is 6. The molecule has 0 aliphatic rings. The van der Waals surface area contributed by atoms with Crippen LogP contribution in [0.25, 0.3) is 11.0 Å².